The Morgan fingerprint density at radius 3 is 2.76 bits per heavy atom. The lowest BCUT2D eigenvalue weighted by molar-refractivity contribution is -0.384. The van der Waals surface area contributed by atoms with E-state index >= 15 is 0 Å². The number of hydrogen-bond acceptors (Lipinski definition) is 5. The normalized spacial score (nSPS) is 10.7. The minimum absolute atomic E-state index is 0.0931. The van der Waals surface area contributed by atoms with Crippen LogP contribution in [0.2, 0.25) is 0 Å². The number of carboxylic acids is 1. The molecule has 2 aromatic carbocycles. The van der Waals surface area contributed by atoms with Crippen LogP contribution in [0.1, 0.15) is 10.4 Å². The molecule has 0 radical (unpaired) electrons. The van der Waals surface area contributed by atoms with Gasteiger partial charge in [-0.25, -0.2) is 9.78 Å². The van der Waals surface area contributed by atoms with Crippen LogP contribution in [-0.2, 0) is 0 Å². The molecule has 0 aliphatic rings. The lowest BCUT2D eigenvalue weighted by Crippen LogP contribution is -1.95. The van der Waals surface area contributed by atoms with Gasteiger partial charge in [0.1, 0.15) is 5.52 Å². The number of fused-ring (bicyclic) bond motifs is 1. The van der Waals surface area contributed by atoms with Crippen molar-refractivity contribution >= 4 is 22.8 Å². The molecule has 104 valence electrons. The van der Waals surface area contributed by atoms with Crippen LogP contribution < -0.4 is 0 Å². The maximum absolute atomic E-state index is 11.0. The molecule has 0 aliphatic heterocycles. The minimum Gasteiger partial charge on any atom is -0.478 e. The highest BCUT2D eigenvalue weighted by molar-refractivity contribution is 5.89. The molecule has 0 saturated carbocycles. The molecular formula is C14H8N2O5. The molecule has 3 aromatic rings. The topological polar surface area (TPSA) is 106 Å². The highest BCUT2D eigenvalue weighted by atomic mass is 16.6. The Morgan fingerprint density at radius 1 is 1.24 bits per heavy atom. The second-order valence-corrected chi connectivity index (χ2v) is 4.31. The number of rotatable bonds is 3. The van der Waals surface area contributed by atoms with Gasteiger partial charge in [-0.15, -0.1) is 0 Å². The molecule has 0 fully saturated rings. The summed E-state index contributed by atoms with van der Waals surface area (Å²) in [5.41, 5.74) is 1.26. The molecule has 0 saturated heterocycles. The number of aromatic nitrogens is 1. The second-order valence-electron chi connectivity index (χ2n) is 4.31. The number of nitrogens with zero attached hydrogens (tertiary/aromatic N) is 2. The van der Waals surface area contributed by atoms with Crippen molar-refractivity contribution in [3.8, 4) is 11.5 Å². The number of carbonyl (C=O) groups is 1. The summed E-state index contributed by atoms with van der Waals surface area (Å²) in [6, 6.07) is 10.2. The van der Waals surface area contributed by atoms with Crippen LogP contribution in [0, 0.1) is 10.1 Å². The number of nitro groups is 1. The van der Waals surface area contributed by atoms with E-state index in [4.69, 9.17) is 9.52 Å². The van der Waals surface area contributed by atoms with Crippen LogP contribution in [0.25, 0.3) is 22.6 Å². The summed E-state index contributed by atoms with van der Waals surface area (Å²) in [5.74, 6) is -0.836. The van der Waals surface area contributed by atoms with E-state index in [2.05, 4.69) is 4.98 Å². The number of non-ortho nitro benzene ring substituents is 1. The quantitative estimate of drug-likeness (QED) is 0.585. The summed E-state index contributed by atoms with van der Waals surface area (Å²) in [4.78, 5) is 25.3. The fourth-order valence-electron chi connectivity index (χ4n) is 1.94. The number of benzene rings is 2. The Bertz CT molecular complexity index is 869. The van der Waals surface area contributed by atoms with Crippen molar-refractivity contribution in [2.75, 3.05) is 0 Å². The molecule has 7 heteroatoms. The smallest absolute Gasteiger partial charge is 0.335 e. The largest absolute Gasteiger partial charge is 0.478 e. The summed E-state index contributed by atoms with van der Waals surface area (Å²) in [7, 11) is 0. The van der Waals surface area contributed by atoms with Crippen LogP contribution >= 0.6 is 0 Å². The average Bonchev–Trinajstić information content (AvgIpc) is 2.90. The van der Waals surface area contributed by atoms with E-state index in [1.807, 2.05) is 0 Å². The summed E-state index contributed by atoms with van der Waals surface area (Å²) < 4.78 is 5.47. The maximum Gasteiger partial charge on any atom is 0.335 e. The van der Waals surface area contributed by atoms with E-state index in [1.165, 1.54) is 30.3 Å². The first kappa shape index (κ1) is 12.8. The zero-order valence-corrected chi connectivity index (χ0v) is 10.5. The van der Waals surface area contributed by atoms with E-state index in [1.54, 1.807) is 12.1 Å². The Labute approximate surface area is 117 Å². The summed E-state index contributed by atoms with van der Waals surface area (Å²) in [5, 5.41) is 19.7. The molecular weight excluding hydrogens is 276 g/mol. The average molecular weight is 284 g/mol. The molecule has 0 atom stereocenters. The standard InChI is InChI=1S/C14H8N2O5/c17-14(18)9-3-1-2-8(6-9)13-15-11-5-4-10(16(19)20)7-12(11)21-13/h1-7H,(H,17,18). The van der Waals surface area contributed by atoms with Crippen LogP contribution in [-0.4, -0.2) is 21.0 Å². The monoisotopic (exact) mass is 284 g/mol. The lowest BCUT2D eigenvalue weighted by Gasteiger charge is -1.97. The van der Waals surface area contributed by atoms with E-state index in [9.17, 15) is 14.9 Å². The van der Waals surface area contributed by atoms with Gasteiger partial charge in [0.25, 0.3) is 5.69 Å². The van der Waals surface area contributed by atoms with Gasteiger partial charge in [0.05, 0.1) is 16.6 Å². The van der Waals surface area contributed by atoms with Gasteiger partial charge in [-0.1, -0.05) is 6.07 Å². The molecule has 1 heterocycles. The van der Waals surface area contributed by atoms with Crippen molar-refractivity contribution in [2.24, 2.45) is 0 Å². The fourth-order valence-corrected chi connectivity index (χ4v) is 1.94. The maximum atomic E-state index is 11.0. The fraction of sp³-hybridized carbons (Fsp3) is 0. The van der Waals surface area contributed by atoms with Crippen molar-refractivity contribution in [1.29, 1.82) is 0 Å². The van der Waals surface area contributed by atoms with Crippen molar-refractivity contribution in [2.45, 2.75) is 0 Å². The molecule has 3 rings (SSSR count). The number of aromatic carboxylic acids is 1. The highest BCUT2D eigenvalue weighted by Gasteiger charge is 2.14. The molecule has 0 bridgehead atoms. The van der Waals surface area contributed by atoms with Crippen LogP contribution in [0.3, 0.4) is 0 Å². The van der Waals surface area contributed by atoms with E-state index in [-0.39, 0.29) is 22.7 Å². The summed E-state index contributed by atoms with van der Waals surface area (Å²) in [6.45, 7) is 0. The minimum atomic E-state index is -1.05. The SMILES string of the molecule is O=C(O)c1cccc(-c2nc3ccc([N+](=O)[O-])cc3o2)c1. The van der Waals surface area contributed by atoms with Gasteiger partial charge in [-0.2, -0.15) is 0 Å². The molecule has 0 amide bonds. The van der Waals surface area contributed by atoms with Gasteiger partial charge in [0, 0.05) is 11.6 Å². The number of nitro benzene ring substituents is 1. The van der Waals surface area contributed by atoms with Crippen molar-refractivity contribution in [3.63, 3.8) is 0 Å². The van der Waals surface area contributed by atoms with Crippen LogP contribution in [0.4, 0.5) is 5.69 Å². The Morgan fingerprint density at radius 2 is 2.05 bits per heavy atom. The third-order valence-electron chi connectivity index (χ3n) is 2.94. The van der Waals surface area contributed by atoms with Crippen molar-refractivity contribution < 1.29 is 19.2 Å². The molecule has 0 spiro atoms. The van der Waals surface area contributed by atoms with Crippen molar-refractivity contribution in [1.82, 2.24) is 4.98 Å². The molecule has 7 nitrogen and oxygen atoms in total. The van der Waals surface area contributed by atoms with Crippen molar-refractivity contribution in [3.05, 3.63) is 58.1 Å². The number of oxazole rings is 1. The first-order valence-electron chi connectivity index (χ1n) is 5.93. The van der Waals surface area contributed by atoms with Gasteiger partial charge in [-0.05, 0) is 24.3 Å². The zero-order chi connectivity index (χ0) is 15.0. The molecule has 1 aromatic heterocycles. The molecule has 0 unspecified atom stereocenters. The van der Waals surface area contributed by atoms with Gasteiger partial charge in [0.2, 0.25) is 5.89 Å². The van der Waals surface area contributed by atoms with Crippen LogP contribution in [0.15, 0.2) is 46.9 Å². The third-order valence-corrected chi connectivity index (χ3v) is 2.94. The van der Waals surface area contributed by atoms with E-state index in [0.717, 1.165) is 0 Å². The lowest BCUT2D eigenvalue weighted by atomic mass is 10.1. The predicted octanol–water partition coefficient (Wildman–Crippen LogP) is 3.10. The number of carboxylic acid groups (broad SMARTS) is 1. The zero-order valence-electron chi connectivity index (χ0n) is 10.5. The predicted molar refractivity (Wildman–Crippen MR) is 73.1 cm³/mol. The summed E-state index contributed by atoms with van der Waals surface area (Å²) >= 11 is 0. The van der Waals surface area contributed by atoms with E-state index in [0.29, 0.717) is 11.1 Å². The van der Waals surface area contributed by atoms with Gasteiger partial charge in [0.15, 0.2) is 5.58 Å². The first-order chi connectivity index (χ1) is 10.0. The summed E-state index contributed by atoms with van der Waals surface area (Å²) in [6.07, 6.45) is 0. The van der Waals surface area contributed by atoms with Gasteiger partial charge < -0.3 is 9.52 Å². The Hall–Kier alpha value is -3.22. The number of hydrogen-bond donors (Lipinski definition) is 1. The Kier molecular flexibility index (Phi) is 2.87. The third kappa shape index (κ3) is 2.32. The second kappa shape index (κ2) is 4.71. The van der Waals surface area contributed by atoms with Gasteiger partial charge in [-0.3, -0.25) is 10.1 Å². The van der Waals surface area contributed by atoms with E-state index < -0.39 is 10.9 Å². The Balaban J connectivity index is 2.10. The van der Waals surface area contributed by atoms with Crippen LogP contribution in [0.5, 0.6) is 0 Å². The molecule has 21 heavy (non-hydrogen) atoms. The highest BCUT2D eigenvalue weighted by Crippen LogP contribution is 2.27. The first-order valence-corrected chi connectivity index (χ1v) is 5.93. The molecule has 1 N–H and O–H groups in total. The van der Waals surface area contributed by atoms with Gasteiger partial charge >= 0.3 is 5.97 Å². The molecule has 0 aliphatic carbocycles.